The number of amides is 1. The Kier molecular flexibility index (Phi) is 4.68. The number of nitriles is 1. The molecule has 5 nitrogen and oxygen atoms in total. The highest BCUT2D eigenvalue weighted by Gasteiger charge is 2.14. The zero-order valence-electron chi connectivity index (χ0n) is 12.7. The normalized spacial score (nSPS) is 11.2. The monoisotopic (exact) mass is 352 g/mol. The molecule has 3 rings (SSSR count). The van der Waals surface area contributed by atoms with Crippen molar-refractivity contribution >= 4 is 40.4 Å². The summed E-state index contributed by atoms with van der Waals surface area (Å²) in [6, 6.07) is 14.3. The van der Waals surface area contributed by atoms with Gasteiger partial charge in [0.25, 0.3) is 5.91 Å². The molecule has 2 aromatic carbocycles. The standard InChI is InChI=1S/C18H10ClFN4O/c19-16-17(23-15-4-2-1-3-14(15)22-16)24-18(25)12(10-21)9-11-5-7-13(20)8-6-11/h1-9H,(H,23,24,25)/b12-9+. The molecule has 1 aromatic heterocycles. The van der Waals surface area contributed by atoms with Crippen LogP contribution in [0.2, 0.25) is 5.15 Å². The molecule has 0 saturated heterocycles. The van der Waals surface area contributed by atoms with Crippen molar-refractivity contribution in [1.82, 2.24) is 9.97 Å². The van der Waals surface area contributed by atoms with Gasteiger partial charge in [-0.25, -0.2) is 14.4 Å². The highest BCUT2D eigenvalue weighted by Crippen LogP contribution is 2.21. The molecule has 122 valence electrons. The predicted molar refractivity (Wildman–Crippen MR) is 93.2 cm³/mol. The Morgan fingerprint density at radius 2 is 1.76 bits per heavy atom. The third kappa shape index (κ3) is 3.79. The average Bonchev–Trinajstić information content (AvgIpc) is 2.61. The van der Waals surface area contributed by atoms with Crippen molar-refractivity contribution in [2.75, 3.05) is 5.32 Å². The second-order valence-electron chi connectivity index (χ2n) is 5.03. The third-order valence-electron chi connectivity index (χ3n) is 3.31. The second-order valence-corrected chi connectivity index (χ2v) is 5.39. The number of halogens is 2. The lowest BCUT2D eigenvalue weighted by Gasteiger charge is -2.06. The first kappa shape index (κ1) is 16.6. The van der Waals surface area contributed by atoms with Crippen molar-refractivity contribution in [1.29, 1.82) is 5.26 Å². The first-order valence-electron chi connectivity index (χ1n) is 7.18. The lowest BCUT2D eigenvalue weighted by molar-refractivity contribution is -0.112. The molecule has 1 heterocycles. The van der Waals surface area contributed by atoms with Gasteiger partial charge in [-0.05, 0) is 35.9 Å². The van der Waals surface area contributed by atoms with E-state index in [0.29, 0.717) is 16.6 Å². The fourth-order valence-electron chi connectivity index (χ4n) is 2.11. The molecule has 1 N–H and O–H groups in total. The van der Waals surface area contributed by atoms with Crippen LogP contribution < -0.4 is 5.32 Å². The number of rotatable bonds is 3. The summed E-state index contributed by atoms with van der Waals surface area (Å²) < 4.78 is 12.9. The minimum absolute atomic E-state index is 0.0196. The van der Waals surface area contributed by atoms with Gasteiger partial charge in [0.05, 0.1) is 11.0 Å². The second kappa shape index (κ2) is 7.07. The lowest BCUT2D eigenvalue weighted by atomic mass is 10.1. The Morgan fingerprint density at radius 1 is 1.12 bits per heavy atom. The minimum Gasteiger partial charge on any atom is -0.303 e. The van der Waals surface area contributed by atoms with Crippen LogP contribution in [0.3, 0.4) is 0 Å². The highest BCUT2D eigenvalue weighted by molar-refractivity contribution is 6.32. The van der Waals surface area contributed by atoms with E-state index in [-0.39, 0.29) is 16.5 Å². The zero-order valence-corrected chi connectivity index (χ0v) is 13.5. The number of hydrogen-bond acceptors (Lipinski definition) is 4. The Morgan fingerprint density at radius 3 is 2.40 bits per heavy atom. The minimum atomic E-state index is -0.682. The van der Waals surface area contributed by atoms with E-state index >= 15 is 0 Å². The van der Waals surface area contributed by atoms with Crippen molar-refractivity contribution in [2.45, 2.75) is 0 Å². The zero-order chi connectivity index (χ0) is 17.8. The average molecular weight is 353 g/mol. The van der Waals surface area contributed by atoms with E-state index in [0.717, 1.165) is 0 Å². The van der Waals surface area contributed by atoms with Crippen LogP contribution >= 0.6 is 11.6 Å². The van der Waals surface area contributed by atoms with Gasteiger partial charge in [-0.15, -0.1) is 0 Å². The van der Waals surface area contributed by atoms with Gasteiger partial charge in [0.2, 0.25) is 0 Å². The summed E-state index contributed by atoms with van der Waals surface area (Å²) >= 11 is 6.04. The number of nitrogens with zero attached hydrogens (tertiary/aromatic N) is 3. The number of fused-ring (bicyclic) bond motifs is 1. The highest BCUT2D eigenvalue weighted by atomic mass is 35.5. The van der Waals surface area contributed by atoms with Crippen LogP contribution in [0.15, 0.2) is 54.1 Å². The maximum absolute atomic E-state index is 12.9. The fraction of sp³-hybridized carbons (Fsp3) is 0. The van der Waals surface area contributed by atoms with Crippen LogP contribution in [-0.4, -0.2) is 15.9 Å². The van der Waals surface area contributed by atoms with Gasteiger partial charge in [-0.3, -0.25) is 4.79 Å². The summed E-state index contributed by atoms with van der Waals surface area (Å²) in [5, 5.41) is 11.7. The number of nitrogens with one attached hydrogen (secondary N) is 1. The fourth-order valence-corrected chi connectivity index (χ4v) is 2.29. The summed E-state index contributed by atoms with van der Waals surface area (Å²) in [5.74, 6) is -1.03. The molecule has 0 radical (unpaired) electrons. The first-order valence-corrected chi connectivity index (χ1v) is 7.55. The quantitative estimate of drug-likeness (QED) is 0.571. The predicted octanol–water partition coefficient (Wildman–Crippen LogP) is 3.97. The first-order chi connectivity index (χ1) is 12.1. The van der Waals surface area contributed by atoms with Gasteiger partial charge in [0, 0.05) is 0 Å². The van der Waals surface area contributed by atoms with Crippen LogP contribution in [0.25, 0.3) is 17.1 Å². The number of carbonyl (C=O) groups excluding carboxylic acids is 1. The summed E-state index contributed by atoms with van der Waals surface area (Å²) in [7, 11) is 0. The van der Waals surface area contributed by atoms with Gasteiger partial charge >= 0.3 is 0 Å². The van der Waals surface area contributed by atoms with E-state index in [9.17, 15) is 14.4 Å². The van der Waals surface area contributed by atoms with Gasteiger partial charge in [-0.1, -0.05) is 35.9 Å². The SMILES string of the molecule is N#C/C(=C\c1ccc(F)cc1)C(=O)Nc1nc2ccccc2nc1Cl. The summed E-state index contributed by atoms with van der Waals surface area (Å²) in [4.78, 5) is 20.7. The maximum atomic E-state index is 12.9. The Bertz CT molecular complexity index is 1030. The molecule has 25 heavy (non-hydrogen) atoms. The molecule has 0 atom stereocenters. The van der Waals surface area contributed by atoms with Crippen molar-refractivity contribution in [2.24, 2.45) is 0 Å². The lowest BCUT2D eigenvalue weighted by Crippen LogP contribution is -2.15. The van der Waals surface area contributed by atoms with Gasteiger partial charge < -0.3 is 5.32 Å². The Balaban J connectivity index is 1.89. The number of anilines is 1. The smallest absolute Gasteiger partial charge is 0.267 e. The summed E-state index contributed by atoms with van der Waals surface area (Å²) in [6.07, 6.45) is 1.34. The van der Waals surface area contributed by atoms with Crippen molar-refractivity contribution in [3.63, 3.8) is 0 Å². The van der Waals surface area contributed by atoms with Crippen LogP contribution in [0.5, 0.6) is 0 Å². The topological polar surface area (TPSA) is 78.7 Å². The van der Waals surface area contributed by atoms with Crippen LogP contribution in [0.1, 0.15) is 5.56 Å². The number of aromatic nitrogens is 2. The molecule has 0 aliphatic rings. The number of benzene rings is 2. The van der Waals surface area contributed by atoms with E-state index in [1.165, 1.54) is 30.3 Å². The summed E-state index contributed by atoms with van der Waals surface area (Å²) in [6.45, 7) is 0. The molecular formula is C18H10ClFN4O. The van der Waals surface area contributed by atoms with E-state index in [4.69, 9.17) is 11.6 Å². The maximum Gasteiger partial charge on any atom is 0.267 e. The number of hydrogen-bond donors (Lipinski definition) is 1. The van der Waals surface area contributed by atoms with Crippen LogP contribution in [0, 0.1) is 17.1 Å². The molecule has 0 aliphatic carbocycles. The Hall–Kier alpha value is -3.30. The molecule has 3 aromatic rings. The molecular weight excluding hydrogens is 343 g/mol. The molecule has 1 amide bonds. The van der Waals surface area contributed by atoms with Crippen molar-refractivity contribution in [3.8, 4) is 6.07 Å². The van der Waals surface area contributed by atoms with E-state index in [1.54, 1.807) is 30.3 Å². The molecule has 0 aliphatic heterocycles. The van der Waals surface area contributed by atoms with Crippen LogP contribution in [-0.2, 0) is 4.79 Å². The van der Waals surface area contributed by atoms with Gasteiger partial charge in [0.15, 0.2) is 11.0 Å². The van der Waals surface area contributed by atoms with Crippen LogP contribution in [0.4, 0.5) is 10.2 Å². The molecule has 7 heteroatoms. The van der Waals surface area contributed by atoms with Crippen molar-refractivity contribution in [3.05, 3.63) is 70.6 Å². The number of carbonyl (C=O) groups is 1. The molecule has 0 saturated carbocycles. The molecule has 0 bridgehead atoms. The van der Waals surface area contributed by atoms with E-state index in [1.807, 2.05) is 0 Å². The van der Waals surface area contributed by atoms with Gasteiger partial charge in [-0.2, -0.15) is 5.26 Å². The number of para-hydroxylation sites is 2. The molecule has 0 fully saturated rings. The van der Waals surface area contributed by atoms with Crippen molar-refractivity contribution < 1.29 is 9.18 Å². The Labute approximate surface area is 147 Å². The molecule has 0 unspecified atom stereocenters. The largest absolute Gasteiger partial charge is 0.303 e. The van der Waals surface area contributed by atoms with E-state index < -0.39 is 11.7 Å². The summed E-state index contributed by atoms with van der Waals surface area (Å²) in [5.41, 5.74) is 1.50. The third-order valence-corrected chi connectivity index (χ3v) is 3.57. The molecule has 0 spiro atoms. The van der Waals surface area contributed by atoms with E-state index in [2.05, 4.69) is 15.3 Å². The van der Waals surface area contributed by atoms with Gasteiger partial charge in [0.1, 0.15) is 17.5 Å².